The molecule has 1 amide bonds. The number of ether oxygens (including phenoxy) is 2. The van der Waals surface area contributed by atoms with Gasteiger partial charge < -0.3 is 19.7 Å². The Morgan fingerprint density at radius 1 is 1.16 bits per heavy atom. The maximum atomic E-state index is 13.1. The standard InChI is InChI=1S/C20H24N2O3/c1-4-25-16-9-7-8-15(14-16)20(2)21-18-11-6-5-10-17(18)19(23)22(20)12-13-24-3/h5-11,14,21H,4,12-13H2,1-3H3. The van der Waals surface area contributed by atoms with E-state index >= 15 is 0 Å². The molecule has 1 unspecified atom stereocenters. The van der Waals surface area contributed by atoms with Crippen LogP contribution in [-0.2, 0) is 10.4 Å². The van der Waals surface area contributed by atoms with Crippen molar-refractivity contribution < 1.29 is 14.3 Å². The van der Waals surface area contributed by atoms with Crippen molar-refractivity contribution in [2.45, 2.75) is 19.5 Å². The first-order valence-corrected chi connectivity index (χ1v) is 8.51. The molecule has 0 spiro atoms. The van der Waals surface area contributed by atoms with Crippen molar-refractivity contribution >= 4 is 11.6 Å². The van der Waals surface area contributed by atoms with E-state index in [1.54, 1.807) is 7.11 Å². The van der Waals surface area contributed by atoms with E-state index in [-0.39, 0.29) is 5.91 Å². The fourth-order valence-electron chi connectivity index (χ4n) is 3.25. The number of carbonyl (C=O) groups is 1. The van der Waals surface area contributed by atoms with Crippen LogP contribution in [-0.4, -0.2) is 37.7 Å². The fourth-order valence-corrected chi connectivity index (χ4v) is 3.25. The largest absolute Gasteiger partial charge is 0.494 e. The Morgan fingerprint density at radius 2 is 1.96 bits per heavy atom. The molecule has 132 valence electrons. The van der Waals surface area contributed by atoms with Gasteiger partial charge in [0.25, 0.3) is 5.91 Å². The van der Waals surface area contributed by atoms with Gasteiger partial charge in [0.15, 0.2) is 0 Å². The van der Waals surface area contributed by atoms with Crippen LogP contribution in [0.1, 0.15) is 29.8 Å². The average molecular weight is 340 g/mol. The van der Waals surface area contributed by atoms with Crippen molar-refractivity contribution in [2.24, 2.45) is 0 Å². The van der Waals surface area contributed by atoms with Crippen LogP contribution in [0.5, 0.6) is 5.75 Å². The second-order valence-electron chi connectivity index (χ2n) is 6.15. The van der Waals surface area contributed by atoms with E-state index in [0.29, 0.717) is 25.3 Å². The van der Waals surface area contributed by atoms with Crippen LogP contribution in [0, 0.1) is 0 Å². The molecule has 1 aliphatic rings. The van der Waals surface area contributed by atoms with Crippen molar-refractivity contribution in [1.82, 2.24) is 4.90 Å². The summed E-state index contributed by atoms with van der Waals surface area (Å²) in [6.45, 7) is 5.53. The van der Waals surface area contributed by atoms with Crippen LogP contribution in [0.25, 0.3) is 0 Å². The van der Waals surface area contributed by atoms with Gasteiger partial charge in [-0.15, -0.1) is 0 Å². The highest BCUT2D eigenvalue weighted by Gasteiger charge is 2.42. The lowest BCUT2D eigenvalue weighted by Gasteiger charge is -2.46. The third-order valence-corrected chi connectivity index (χ3v) is 4.55. The van der Waals surface area contributed by atoms with Crippen molar-refractivity contribution in [2.75, 3.05) is 32.2 Å². The molecule has 3 rings (SSSR count). The minimum absolute atomic E-state index is 0.00397. The zero-order valence-electron chi connectivity index (χ0n) is 14.9. The van der Waals surface area contributed by atoms with Gasteiger partial charge in [0.1, 0.15) is 11.4 Å². The van der Waals surface area contributed by atoms with Crippen LogP contribution in [0.2, 0.25) is 0 Å². The molecule has 1 aliphatic heterocycles. The Morgan fingerprint density at radius 3 is 2.72 bits per heavy atom. The number of fused-ring (bicyclic) bond motifs is 1. The quantitative estimate of drug-likeness (QED) is 0.875. The molecule has 1 N–H and O–H groups in total. The van der Waals surface area contributed by atoms with Gasteiger partial charge in [-0.25, -0.2) is 0 Å². The first-order valence-electron chi connectivity index (χ1n) is 8.51. The van der Waals surface area contributed by atoms with E-state index in [1.165, 1.54) is 0 Å². The van der Waals surface area contributed by atoms with Crippen molar-refractivity contribution in [1.29, 1.82) is 0 Å². The summed E-state index contributed by atoms with van der Waals surface area (Å²) in [4.78, 5) is 14.9. The average Bonchev–Trinajstić information content (AvgIpc) is 2.62. The maximum Gasteiger partial charge on any atom is 0.258 e. The van der Waals surface area contributed by atoms with Crippen molar-refractivity contribution in [3.05, 3.63) is 59.7 Å². The molecule has 0 radical (unpaired) electrons. The molecule has 5 heteroatoms. The molecule has 0 fully saturated rings. The molecular weight excluding hydrogens is 316 g/mol. The van der Waals surface area contributed by atoms with Crippen LogP contribution < -0.4 is 10.1 Å². The maximum absolute atomic E-state index is 13.1. The van der Waals surface area contributed by atoms with Gasteiger partial charge in [0, 0.05) is 24.9 Å². The Labute approximate surface area is 148 Å². The Hall–Kier alpha value is -2.53. The number of hydrogen-bond donors (Lipinski definition) is 1. The highest BCUT2D eigenvalue weighted by molar-refractivity contribution is 6.02. The van der Waals surface area contributed by atoms with Gasteiger partial charge in [-0.3, -0.25) is 4.79 Å². The number of hydrogen-bond acceptors (Lipinski definition) is 4. The predicted molar refractivity (Wildman–Crippen MR) is 97.9 cm³/mol. The number of nitrogens with one attached hydrogen (secondary N) is 1. The van der Waals surface area contributed by atoms with E-state index in [4.69, 9.17) is 9.47 Å². The molecule has 1 heterocycles. The highest BCUT2D eigenvalue weighted by Crippen LogP contribution is 2.38. The van der Waals surface area contributed by atoms with Gasteiger partial charge in [-0.05, 0) is 38.1 Å². The molecule has 2 aromatic rings. The monoisotopic (exact) mass is 340 g/mol. The topological polar surface area (TPSA) is 50.8 Å². The number of anilines is 1. The van der Waals surface area contributed by atoms with Gasteiger partial charge in [0.2, 0.25) is 0 Å². The zero-order valence-corrected chi connectivity index (χ0v) is 14.9. The van der Waals surface area contributed by atoms with Crippen LogP contribution >= 0.6 is 0 Å². The second kappa shape index (κ2) is 7.15. The second-order valence-corrected chi connectivity index (χ2v) is 6.15. The summed E-state index contributed by atoms with van der Waals surface area (Å²) in [7, 11) is 1.64. The van der Waals surface area contributed by atoms with Gasteiger partial charge in [-0.1, -0.05) is 24.3 Å². The summed E-state index contributed by atoms with van der Waals surface area (Å²) < 4.78 is 10.9. The van der Waals surface area contributed by atoms with E-state index in [9.17, 15) is 4.79 Å². The first-order chi connectivity index (χ1) is 12.1. The smallest absolute Gasteiger partial charge is 0.258 e. The van der Waals surface area contributed by atoms with E-state index < -0.39 is 5.66 Å². The van der Waals surface area contributed by atoms with Crippen LogP contribution in [0.3, 0.4) is 0 Å². The third-order valence-electron chi connectivity index (χ3n) is 4.55. The number of nitrogens with zero attached hydrogens (tertiary/aromatic N) is 1. The van der Waals surface area contributed by atoms with Crippen molar-refractivity contribution in [3.8, 4) is 5.75 Å². The number of benzene rings is 2. The number of carbonyl (C=O) groups excluding carboxylic acids is 1. The summed E-state index contributed by atoms with van der Waals surface area (Å²) >= 11 is 0. The summed E-state index contributed by atoms with van der Waals surface area (Å²) in [6, 6.07) is 15.5. The minimum atomic E-state index is -0.683. The summed E-state index contributed by atoms with van der Waals surface area (Å²) in [5.41, 5.74) is 1.80. The molecule has 0 saturated carbocycles. The van der Waals surface area contributed by atoms with E-state index in [2.05, 4.69) is 5.32 Å². The number of amides is 1. The SMILES string of the molecule is CCOc1cccc(C2(C)Nc3ccccc3C(=O)N2CCOC)c1. The lowest BCUT2D eigenvalue weighted by atomic mass is 9.93. The van der Waals surface area contributed by atoms with Crippen LogP contribution in [0.15, 0.2) is 48.5 Å². The number of para-hydroxylation sites is 1. The molecule has 0 aliphatic carbocycles. The highest BCUT2D eigenvalue weighted by atomic mass is 16.5. The number of methoxy groups -OCH3 is 1. The molecule has 0 saturated heterocycles. The summed E-state index contributed by atoms with van der Waals surface area (Å²) in [6.07, 6.45) is 0. The van der Waals surface area contributed by atoms with Crippen molar-refractivity contribution in [3.63, 3.8) is 0 Å². The molecule has 1 atom stereocenters. The van der Waals surface area contributed by atoms with E-state index in [0.717, 1.165) is 17.0 Å². The van der Waals surface area contributed by atoms with Crippen LogP contribution in [0.4, 0.5) is 5.69 Å². The Kier molecular flexibility index (Phi) is 4.95. The van der Waals surface area contributed by atoms with Gasteiger partial charge in [0.05, 0.1) is 18.8 Å². The lowest BCUT2D eigenvalue weighted by Crippen LogP contribution is -2.56. The molecular formula is C20H24N2O3. The Balaban J connectivity index is 2.07. The lowest BCUT2D eigenvalue weighted by molar-refractivity contribution is 0.0437. The Bertz CT molecular complexity index is 762. The predicted octanol–water partition coefficient (Wildman–Crippen LogP) is 3.47. The normalized spacial score (nSPS) is 19.3. The first kappa shape index (κ1) is 17.3. The fraction of sp³-hybridized carbons (Fsp3) is 0.350. The van der Waals surface area contributed by atoms with Gasteiger partial charge >= 0.3 is 0 Å². The summed E-state index contributed by atoms with van der Waals surface area (Å²) in [5.74, 6) is 0.789. The minimum Gasteiger partial charge on any atom is -0.494 e. The summed E-state index contributed by atoms with van der Waals surface area (Å²) in [5, 5.41) is 3.54. The van der Waals surface area contributed by atoms with Gasteiger partial charge in [-0.2, -0.15) is 0 Å². The molecule has 0 bridgehead atoms. The molecule has 25 heavy (non-hydrogen) atoms. The van der Waals surface area contributed by atoms with E-state index in [1.807, 2.05) is 67.3 Å². The molecule has 0 aromatic heterocycles. The molecule has 5 nitrogen and oxygen atoms in total. The number of rotatable bonds is 6. The zero-order chi connectivity index (χ0) is 17.9. The molecule has 2 aromatic carbocycles. The third kappa shape index (κ3) is 3.20.